The molecule has 150 valence electrons. The van der Waals surface area contributed by atoms with Gasteiger partial charge >= 0.3 is 11.9 Å². The smallest absolute Gasteiger partial charge is 0.326 e. The predicted octanol–water partition coefficient (Wildman–Crippen LogP) is 1.37. The number of amides is 1. The molecule has 0 aromatic heterocycles. The van der Waals surface area contributed by atoms with Crippen molar-refractivity contribution in [3.63, 3.8) is 0 Å². The van der Waals surface area contributed by atoms with E-state index in [-0.39, 0.29) is 17.6 Å². The summed E-state index contributed by atoms with van der Waals surface area (Å²) < 4.78 is 0. The van der Waals surface area contributed by atoms with E-state index in [9.17, 15) is 24.6 Å². The molecule has 0 bridgehead atoms. The molecule has 0 saturated carbocycles. The molecule has 0 radical (unpaired) electrons. The number of nitrogens with one attached hydrogen (secondary N) is 2. The van der Waals surface area contributed by atoms with Gasteiger partial charge in [0.05, 0.1) is 12.5 Å². The van der Waals surface area contributed by atoms with Crippen molar-refractivity contribution in [2.45, 2.75) is 52.1 Å². The van der Waals surface area contributed by atoms with E-state index in [2.05, 4.69) is 10.6 Å². The first-order chi connectivity index (χ1) is 12.5. The number of rotatable bonds is 10. The van der Waals surface area contributed by atoms with Gasteiger partial charge in [-0.15, -0.1) is 0 Å². The molecule has 0 aliphatic rings. The number of hydrogen-bond donors (Lipinski definition) is 5. The number of carbonyl (C=O) groups is 3. The summed E-state index contributed by atoms with van der Waals surface area (Å²) in [4.78, 5) is 35.0. The van der Waals surface area contributed by atoms with Gasteiger partial charge in [0, 0.05) is 6.42 Å². The second kappa shape index (κ2) is 9.91. The van der Waals surface area contributed by atoms with Crippen molar-refractivity contribution in [3.8, 4) is 5.75 Å². The van der Waals surface area contributed by atoms with Crippen LogP contribution in [0.25, 0.3) is 0 Å². The Morgan fingerprint density at radius 3 is 2.11 bits per heavy atom. The molecule has 5 N–H and O–H groups in total. The lowest BCUT2D eigenvalue weighted by Gasteiger charge is -2.23. The third-order valence-corrected chi connectivity index (χ3v) is 3.95. The van der Waals surface area contributed by atoms with E-state index in [1.807, 2.05) is 20.8 Å². The van der Waals surface area contributed by atoms with Gasteiger partial charge in [-0.25, -0.2) is 4.79 Å². The average molecular weight is 380 g/mol. The maximum atomic E-state index is 12.5. The monoisotopic (exact) mass is 380 g/mol. The quantitative estimate of drug-likeness (QED) is 0.413. The van der Waals surface area contributed by atoms with Crippen LogP contribution >= 0.6 is 0 Å². The number of benzene rings is 1. The molecule has 8 heteroatoms. The number of phenols is 1. The van der Waals surface area contributed by atoms with Crippen LogP contribution in [0.4, 0.5) is 0 Å². The lowest BCUT2D eigenvalue weighted by Crippen LogP contribution is -2.52. The molecule has 0 aliphatic heterocycles. The van der Waals surface area contributed by atoms with Crippen LogP contribution in [0.3, 0.4) is 0 Å². The fraction of sp³-hybridized carbons (Fsp3) is 0.526. The van der Waals surface area contributed by atoms with Gasteiger partial charge < -0.3 is 26.0 Å². The molecule has 1 amide bonds. The van der Waals surface area contributed by atoms with E-state index in [4.69, 9.17) is 5.11 Å². The summed E-state index contributed by atoms with van der Waals surface area (Å²) in [5.74, 6) is -2.99. The average Bonchev–Trinajstić information content (AvgIpc) is 2.53. The van der Waals surface area contributed by atoms with Crippen molar-refractivity contribution in [2.75, 3.05) is 6.54 Å². The fourth-order valence-corrected chi connectivity index (χ4v) is 2.39. The number of carboxylic acid groups (broad SMARTS) is 2. The van der Waals surface area contributed by atoms with Gasteiger partial charge in [-0.2, -0.15) is 0 Å². The number of hydrogen-bond acceptors (Lipinski definition) is 5. The van der Waals surface area contributed by atoms with Crippen molar-refractivity contribution in [3.05, 3.63) is 29.8 Å². The molecular formula is C19H28N2O6. The highest BCUT2D eigenvalue weighted by Gasteiger charge is 2.27. The van der Waals surface area contributed by atoms with Crippen LogP contribution in [-0.2, 0) is 20.8 Å². The molecule has 0 aliphatic carbocycles. The highest BCUT2D eigenvalue weighted by Crippen LogP contribution is 2.17. The zero-order valence-electron chi connectivity index (χ0n) is 15.9. The number of aromatic hydroxyl groups is 1. The molecule has 1 aromatic rings. The number of phenolic OH excluding ortho intramolecular Hbond substituents is 1. The second-order valence-corrected chi connectivity index (χ2v) is 7.69. The van der Waals surface area contributed by atoms with Gasteiger partial charge in [-0.1, -0.05) is 32.9 Å². The van der Waals surface area contributed by atoms with Crippen LogP contribution in [0.2, 0.25) is 0 Å². The third kappa shape index (κ3) is 9.05. The topological polar surface area (TPSA) is 136 Å². The Labute approximate surface area is 158 Å². The Balaban J connectivity index is 2.76. The number of aliphatic carboxylic acids is 2. The standard InChI is InChI=1S/C19H28N2O6/c1-19(2,3)8-9-20-14(11-16(23)24)17(25)21-15(18(26)27)10-12-4-6-13(22)7-5-12/h4-7,14-15,20,22H,8-11H2,1-3H3,(H,21,25)(H,23,24)(H,26,27)/t14-,15-/m0/s1. The van der Waals surface area contributed by atoms with Crippen LogP contribution in [0.1, 0.15) is 39.2 Å². The SMILES string of the molecule is CC(C)(C)CCN[C@@H](CC(=O)O)C(=O)N[C@@H](Cc1ccc(O)cc1)C(=O)O. The molecule has 0 spiro atoms. The molecular weight excluding hydrogens is 352 g/mol. The summed E-state index contributed by atoms with van der Waals surface area (Å²) in [6, 6.07) is 3.75. The van der Waals surface area contributed by atoms with E-state index in [0.717, 1.165) is 6.42 Å². The Morgan fingerprint density at radius 1 is 1.04 bits per heavy atom. The molecule has 8 nitrogen and oxygen atoms in total. The highest BCUT2D eigenvalue weighted by molar-refractivity contribution is 5.89. The molecule has 2 atom stereocenters. The van der Waals surface area contributed by atoms with Crippen LogP contribution < -0.4 is 10.6 Å². The van der Waals surface area contributed by atoms with E-state index in [1.165, 1.54) is 12.1 Å². The first-order valence-electron chi connectivity index (χ1n) is 8.74. The predicted molar refractivity (Wildman–Crippen MR) is 99.5 cm³/mol. The van der Waals surface area contributed by atoms with E-state index < -0.39 is 36.4 Å². The van der Waals surface area contributed by atoms with Gasteiger partial charge in [0.2, 0.25) is 5.91 Å². The molecule has 1 aromatic carbocycles. The molecule has 0 saturated heterocycles. The van der Waals surface area contributed by atoms with Crippen molar-refractivity contribution in [1.29, 1.82) is 0 Å². The third-order valence-electron chi connectivity index (χ3n) is 3.95. The van der Waals surface area contributed by atoms with Crippen molar-refractivity contribution < 1.29 is 29.7 Å². The Bertz CT molecular complexity index is 651. The maximum Gasteiger partial charge on any atom is 0.326 e. The summed E-state index contributed by atoms with van der Waals surface area (Å²) in [5.41, 5.74) is 0.635. The van der Waals surface area contributed by atoms with E-state index >= 15 is 0 Å². The largest absolute Gasteiger partial charge is 0.508 e. The van der Waals surface area contributed by atoms with Gasteiger partial charge in [-0.05, 0) is 36.1 Å². The van der Waals surface area contributed by atoms with Gasteiger partial charge in [0.25, 0.3) is 0 Å². The first kappa shape index (κ1) is 22.4. The van der Waals surface area contributed by atoms with Crippen molar-refractivity contribution in [1.82, 2.24) is 10.6 Å². The summed E-state index contributed by atoms with van der Waals surface area (Å²) in [6.07, 6.45) is 0.303. The normalized spacial score (nSPS) is 13.6. The van der Waals surface area contributed by atoms with Crippen LogP contribution in [0, 0.1) is 5.41 Å². The van der Waals surface area contributed by atoms with Gasteiger partial charge in [-0.3, -0.25) is 9.59 Å². The molecule has 0 heterocycles. The minimum Gasteiger partial charge on any atom is -0.508 e. The second-order valence-electron chi connectivity index (χ2n) is 7.69. The number of carboxylic acids is 2. The minimum atomic E-state index is -1.22. The highest BCUT2D eigenvalue weighted by atomic mass is 16.4. The van der Waals surface area contributed by atoms with Gasteiger partial charge in [0.1, 0.15) is 11.8 Å². The van der Waals surface area contributed by atoms with Crippen LogP contribution in [-0.4, -0.2) is 51.8 Å². The zero-order chi connectivity index (χ0) is 20.6. The summed E-state index contributed by atoms with van der Waals surface area (Å²) in [5, 5.41) is 33.0. The Hall–Kier alpha value is -2.61. The van der Waals surface area contributed by atoms with Gasteiger partial charge in [0.15, 0.2) is 0 Å². The fourth-order valence-electron chi connectivity index (χ4n) is 2.39. The van der Waals surface area contributed by atoms with Crippen LogP contribution in [0.5, 0.6) is 5.75 Å². The molecule has 27 heavy (non-hydrogen) atoms. The maximum absolute atomic E-state index is 12.5. The Kier molecular flexibility index (Phi) is 8.24. The van der Waals surface area contributed by atoms with Crippen molar-refractivity contribution in [2.24, 2.45) is 5.41 Å². The Morgan fingerprint density at radius 2 is 1.63 bits per heavy atom. The van der Waals surface area contributed by atoms with E-state index in [1.54, 1.807) is 12.1 Å². The molecule has 1 rings (SSSR count). The summed E-state index contributed by atoms with van der Waals surface area (Å²) in [7, 11) is 0. The zero-order valence-corrected chi connectivity index (χ0v) is 15.9. The molecule has 0 unspecified atom stereocenters. The molecule has 0 fully saturated rings. The number of carbonyl (C=O) groups excluding carboxylic acids is 1. The minimum absolute atomic E-state index is 0.0136. The van der Waals surface area contributed by atoms with E-state index in [0.29, 0.717) is 12.1 Å². The van der Waals surface area contributed by atoms with Crippen LogP contribution in [0.15, 0.2) is 24.3 Å². The first-order valence-corrected chi connectivity index (χ1v) is 8.74. The summed E-state index contributed by atoms with van der Waals surface area (Å²) in [6.45, 7) is 6.52. The summed E-state index contributed by atoms with van der Waals surface area (Å²) >= 11 is 0. The lowest BCUT2D eigenvalue weighted by molar-refractivity contribution is -0.143. The lowest BCUT2D eigenvalue weighted by atomic mass is 9.92. The van der Waals surface area contributed by atoms with Crippen molar-refractivity contribution >= 4 is 17.8 Å².